The van der Waals surface area contributed by atoms with E-state index in [2.05, 4.69) is 16.0 Å². The second kappa shape index (κ2) is 12.5. The Hall–Kier alpha value is -1.89. The Kier molecular flexibility index (Phi) is 11.7. The van der Waals surface area contributed by atoms with Crippen molar-refractivity contribution in [2.24, 2.45) is 5.73 Å². The van der Waals surface area contributed by atoms with Crippen LogP contribution in [0.3, 0.4) is 0 Å². The summed E-state index contributed by atoms with van der Waals surface area (Å²) in [5, 5.41) is 34.9. The molecule has 0 aromatic carbocycles. The van der Waals surface area contributed by atoms with Crippen LogP contribution >= 0.6 is 11.8 Å². The Morgan fingerprint density at radius 3 is 1.82 bits per heavy atom. The van der Waals surface area contributed by atoms with Gasteiger partial charge in [-0.15, -0.1) is 0 Å². The molecule has 0 rings (SSSR count). The summed E-state index contributed by atoms with van der Waals surface area (Å²) in [6.07, 6.45) is -0.461. The van der Waals surface area contributed by atoms with Gasteiger partial charge >= 0.3 is 5.97 Å². The van der Waals surface area contributed by atoms with Crippen molar-refractivity contribution in [3.05, 3.63) is 0 Å². The fourth-order valence-corrected chi connectivity index (χ4v) is 2.57. The maximum absolute atomic E-state index is 12.3. The van der Waals surface area contributed by atoms with E-state index in [0.717, 1.165) is 0 Å². The van der Waals surface area contributed by atoms with Crippen LogP contribution in [0.2, 0.25) is 0 Å². The predicted molar refractivity (Wildman–Crippen MR) is 103 cm³/mol. The first-order valence-corrected chi connectivity index (χ1v) is 10.1. The summed E-state index contributed by atoms with van der Waals surface area (Å²) in [6, 6.07) is -4.94. The number of amides is 3. The topological polar surface area (TPSA) is 191 Å². The molecule has 0 radical (unpaired) electrons. The van der Waals surface area contributed by atoms with Crippen molar-refractivity contribution >= 4 is 35.5 Å². The molecule has 0 spiro atoms. The summed E-state index contributed by atoms with van der Waals surface area (Å²) >= 11 is 1.52. The van der Waals surface area contributed by atoms with E-state index in [1.165, 1.54) is 32.5 Å². The third kappa shape index (κ3) is 8.87. The van der Waals surface area contributed by atoms with Crippen LogP contribution in [0, 0.1) is 0 Å². The number of hydrogen-bond donors (Lipinski definition) is 7. The minimum Gasteiger partial charge on any atom is -0.480 e. The van der Waals surface area contributed by atoms with Crippen molar-refractivity contribution in [3.8, 4) is 0 Å². The molecule has 0 aliphatic carbocycles. The van der Waals surface area contributed by atoms with Gasteiger partial charge in [0.2, 0.25) is 17.7 Å². The van der Waals surface area contributed by atoms with Crippen molar-refractivity contribution in [2.45, 2.75) is 63.6 Å². The van der Waals surface area contributed by atoms with E-state index < -0.39 is 60.1 Å². The van der Waals surface area contributed by atoms with E-state index in [0.29, 0.717) is 12.2 Å². The lowest BCUT2D eigenvalue weighted by molar-refractivity contribution is -0.146. The van der Waals surface area contributed by atoms with E-state index in [1.807, 2.05) is 6.26 Å². The molecule has 0 aromatic rings. The first-order valence-electron chi connectivity index (χ1n) is 8.66. The number of aliphatic hydroxyl groups excluding tert-OH is 2. The van der Waals surface area contributed by atoms with E-state index in [9.17, 15) is 29.4 Å². The highest BCUT2D eigenvalue weighted by Gasteiger charge is 2.33. The molecule has 0 saturated heterocycles. The molecule has 0 heterocycles. The van der Waals surface area contributed by atoms with Gasteiger partial charge in [-0.1, -0.05) is 0 Å². The molecule has 162 valence electrons. The maximum atomic E-state index is 12.3. The van der Waals surface area contributed by atoms with Crippen molar-refractivity contribution < 1.29 is 34.5 Å². The lowest BCUT2D eigenvalue weighted by atomic mass is 10.1. The third-order valence-electron chi connectivity index (χ3n) is 3.83. The second-order valence-corrected chi connectivity index (χ2v) is 7.40. The Balaban J connectivity index is 4.94. The molecular formula is C16H30N4O7S. The average Bonchev–Trinajstić information content (AvgIpc) is 2.60. The zero-order chi connectivity index (χ0) is 22.0. The van der Waals surface area contributed by atoms with Crippen molar-refractivity contribution in [3.63, 3.8) is 0 Å². The van der Waals surface area contributed by atoms with Gasteiger partial charge in [0.25, 0.3) is 0 Å². The normalized spacial score (nSPS) is 17.4. The lowest BCUT2D eigenvalue weighted by Gasteiger charge is -2.26. The Morgan fingerprint density at radius 2 is 1.39 bits per heavy atom. The van der Waals surface area contributed by atoms with Crippen molar-refractivity contribution in [1.82, 2.24) is 16.0 Å². The quantitative estimate of drug-likeness (QED) is 0.176. The molecule has 0 aliphatic heterocycles. The summed E-state index contributed by atoms with van der Waals surface area (Å²) < 4.78 is 0. The average molecular weight is 423 g/mol. The number of nitrogens with two attached hydrogens (primary N) is 1. The van der Waals surface area contributed by atoms with Crippen LogP contribution < -0.4 is 21.7 Å². The first kappa shape index (κ1) is 26.1. The SMILES string of the molecule is CSCCC(N)C(=O)NC(C)C(=O)NC(C(=O)NC(C(=O)O)C(C)O)C(C)O. The summed E-state index contributed by atoms with van der Waals surface area (Å²) in [5.74, 6) is -3.09. The second-order valence-electron chi connectivity index (χ2n) is 6.41. The zero-order valence-corrected chi connectivity index (χ0v) is 17.2. The molecule has 6 unspecified atom stereocenters. The van der Waals surface area contributed by atoms with Crippen LogP contribution in [0.4, 0.5) is 0 Å². The monoisotopic (exact) mass is 422 g/mol. The van der Waals surface area contributed by atoms with E-state index in [1.54, 1.807) is 0 Å². The Morgan fingerprint density at radius 1 is 0.893 bits per heavy atom. The first-order chi connectivity index (χ1) is 12.9. The van der Waals surface area contributed by atoms with Crippen LogP contribution in [-0.4, -0.2) is 87.4 Å². The number of carboxylic acid groups (broad SMARTS) is 1. The molecular weight excluding hydrogens is 392 g/mol. The molecule has 28 heavy (non-hydrogen) atoms. The molecule has 12 heteroatoms. The molecule has 3 amide bonds. The van der Waals surface area contributed by atoms with Gasteiger partial charge in [0.1, 0.15) is 12.1 Å². The number of carbonyl (C=O) groups excluding carboxylic acids is 3. The Bertz CT molecular complexity index is 559. The van der Waals surface area contributed by atoms with Crippen LogP contribution in [0.15, 0.2) is 0 Å². The van der Waals surface area contributed by atoms with Gasteiger partial charge in [0.05, 0.1) is 18.2 Å². The van der Waals surface area contributed by atoms with Crippen LogP contribution in [0.1, 0.15) is 27.2 Å². The number of aliphatic hydroxyl groups is 2. The van der Waals surface area contributed by atoms with Crippen LogP contribution in [0.5, 0.6) is 0 Å². The molecule has 0 fully saturated rings. The summed E-state index contributed by atoms with van der Waals surface area (Å²) in [4.78, 5) is 47.5. The van der Waals surface area contributed by atoms with Gasteiger partial charge in [-0.25, -0.2) is 4.79 Å². The lowest BCUT2D eigenvalue weighted by Crippen LogP contribution is -2.60. The summed E-state index contributed by atoms with van der Waals surface area (Å²) in [7, 11) is 0. The third-order valence-corrected chi connectivity index (χ3v) is 4.47. The van der Waals surface area contributed by atoms with Gasteiger partial charge in [-0.05, 0) is 39.2 Å². The highest BCUT2D eigenvalue weighted by molar-refractivity contribution is 7.98. The summed E-state index contributed by atoms with van der Waals surface area (Å²) in [6.45, 7) is 3.78. The molecule has 0 bridgehead atoms. The van der Waals surface area contributed by atoms with E-state index >= 15 is 0 Å². The number of hydrogen-bond acceptors (Lipinski definition) is 8. The number of carboxylic acids is 1. The fourth-order valence-electron chi connectivity index (χ4n) is 2.08. The Labute approximate surface area is 167 Å². The predicted octanol–water partition coefficient (Wildman–Crippen LogP) is -2.61. The zero-order valence-electron chi connectivity index (χ0n) is 16.3. The molecule has 8 N–H and O–H groups in total. The molecule has 6 atom stereocenters. The summed E-state index contributed by atoms with van der Waals surface area (Å²) in [5.41, 5.74) is 5.72. The largest absolute Gasteiger partial charge is 0.480 e. The highest BCUT2D eigenvalue weighted by atomic mass is 32.2. The van der Waals surface area contributed by atoms with Gasteiger partial charge in [0, 0.05) is 0 Å². The van der Waals surface area contributed by atoms with Gasteiger partial charge in [-0.2, -0.15) is 11.8 Å². The fraction of sp³-hybridized carbons (Fsp3) is 0.750. The van der Waals surface area contributed by atoms with Gasteiger partial charge in [0.15, 0.2) is 6.04 Å². The molecule has 0 aromatic heterocycles. The molecule has 11 nitrogen and oxygen atoms in total. The number of aliphatic carboxylic acids is 1. The van der Waals surface area contributed by atoms with E-state index in [4.69, 9.17) is 10.8 Å². The van der Waals surface area contributed by atoms with E-state index in [-0.39, 0.29) is 0 Å². The highest BCUT2D eigenvalue weighted by Crippen LogP contribution is 2.01. The van der Waals surface area contributed by atoms with Gasteiger partial charge < -0.3 is 37.0 Å². The maximum Gasteiger partial charge on any atom is 0.328 e. The smallest absolute Gasteiger partial charge is 0.328 e. The minimum atomic E-state index is -1.61. The minimum absolute atomic E-state index is 0.427. The van der Waals surface area contributed by atoms with Crippen molar-refractivity contribution in [2.75, 3.05) is 12.0 Å². The molecule has 0 saturated carbocycles. The van der Waals surface area contributed by atoms with Gasteiger partial charge in [-0.3, -0.25) is 14.4 Å². The standard InChI is InChI=1S/C16H30N4O7S/c1-7(18-14(24)10(17)5-6-28-4)13(23)19-11(8(2)21)15(25)20-12(9(3)22)16(26)27/h7-12,21-22H,5-6,17H2,1-4H3,(H,18,24)(H,19,23)(H,20,25)(H,26,27). The van der Waals surface area contributed by atoms with Crippen LogP contribution in [-0.2, 0) is 19.2 Å². The van der Waals surface area contributed by atoms with Crippen LogP contribution in [0.25, 0.3) is 0 Å². The number of rotatable bonds is 12. The van der Waals surface area contributed by atoms with Crippen molar-refractivity contribution in [1.29, 1.82) is 0 Å². The number of carbonyl (C=O) groups is 4. The number of nitrogens with one attached hydrogen (secondary N) is 3. The number of thioether (sulfide) groups is 1. The molecule has 0 aliphatic rings.